The van der Waals surface area contributed by atoms with Gasteiger partial charge in [-0.1, -0.05) is 20.3 Å². The van der Waals surface area contributed by atoms with Crippen LogP contribution in [0.3, 0.4) is 0 Å². The Hall–Kier alpha value is -2.20. The van der Waals surface area contributed by atoms with Crippen LogP contribution in [0.4, 0.5) is 0 Å². The van der Waals surface area contributed by atoms with Crippen LogP contribution in [-0.4, -0.2) is 71.5 Å². The highest BCUT2D eigenvalue weighted by atomic mass is 16.4. The largest absolute Gasteiger partial charge is 0.480 e. The van der Waals surface area contributed by atoms with Gasteiger partial charge >= 0.3 is 5.97 Å². The van der Waals surface area contributed by atoms with Crippen LogP contribution >= 0.6 is 0 Å². The number of carboxylic acid groups (broad SMARTS) is 1. The summed E-state index contributed by atoms with van der Waals surface area (Å²) in [6.07, 6.45) is 3.57. The Labute approximate surface area is 171 Å². The smallest absolute Gasteiger partial charge is 0.322 e. The molecule has 1 fully saturated rings. The number of amides is 3. The number of carbonyl (C=O) groups is 4. The third-order valence-corrected chi connectivity index (χ3v) is 5.37. The summed E-state index contributed by atoms with van der Waals surface area (Å²) in [5.74, 6) is -2.42. The second-order valence-electron chi connectivity index (χ2n) is 7.56. The minimum atomic E-state index is -1.15. The van der Waals surface area contributed by atoms with E-state index in [4.69, 9.17) is 16.6 Å². The van der Waals surface area contributed by atoms with Crippen LogP contribution in [0, 0.1) is 5.92 Å². The number of carbonyl (C=O) groups excluding carboxylic acids is 3. The van der Waals surface area contributed by atoms with Crippen LogP contribution in [0.15, 0.2) is 0 Å². The molecule has 4 atom stereocenters. The first-order valence-corrected chi connectivity index (χ1v) is 10.3. The summed E-state index contributed by atoms with van der Waals surface area (Å²) in [4.78, 5) is 50.1. The number of nitrogens with two attached hydrogens (primary N) is 2. The number of aliphatic carboxylic acids is 1. The highest BCUT2D eigenvalue weighted by Gasteiger charge is 2.38. The van der Waals surface area contributed by atoms with Crippen LogP contribution in [0.25, 0.3) is 0 Å². The summed E-state index contributed by atoms with van der Waals surface area (Å²) in [6, 6.07) is -2.26. The monoisotopic (exact) mass is 413 g/mol. The molecule has 3 amide bonds. The molecule has 0 aliphatic carbocycles. The topological polar surface area (TPSA) is 168 Å². The van der Waals surface area contributed by atoms with Gasteiger partial charge in [-0.2, -0.15) is 0 Å². The highest BCUT2D eigenvalue weighted by Crippen LogP contribution is 2.20. The van der Waals surface area contributed by atoms with Crippen LogP contribution < -0.4 is 22.1 Å². The van der Waals surface area contributed by atoms with E-state index in [2.05, 4.69) is 10.6 Å². The van der Waals surface area contributed by atoms with Gasteiger partial charge in [0.15, 0.2) is 0 Å². The summed E-state index contributed by atoms with van der Waals surface area (Å²) in [5, 5.41) is 13.8. The van der Waals surface area contributed by atoms with Gasteiger partial charge in [0.1, 0.15) is 18.6 Å². The molecular formula is C19H35N5O5. The maximum atomic E-state index is 13.1. The van der Waals surface area contributed by atoms with Crippen molar-refractivity contribution < 1.29 is 24.3 Å². The molecule has 1 rings (SSSR count). The zero-order valence-electron chi connectivity index (χ0n) is 17.4. The average molecular weight is 414 g/mol. The first-order valence-electron chi connectivity index (χ1n) is 10.3. The molecule has 0 bridgehead atoms. The molecule has 1 saturated heterocycles. The molecule has 10 heteroatoms. The Kier molecular flexibility index (Phi) is 10.6. The SMILES string of the molecule is CCC(C)C(N)C(=O)NC(CCCCN)C(=O)N1CCCC1C(=O)NCC(=O)O. The van der Waals surface area contributed by atoms with Crippen molar-refractivity contribution in [3.05, 3.63) is 0 Å². The van der Waals surface area contributed by atoms with Gasteiger partial charge in [-0.15, -0.1) is 0 Å². The first-order chi connectivity index (χ1) is 13.7. The number of nitrogens with one attached hydrogen (secondary N) is 2. The maximum Gasteiger partial charge on any atom is 0.322 e. The standard InChI is InChI=1S/C19H35N5O5/c1-3-12(2)16(21)18(28)23-13(7-4-5-9-20)19(29)24-10-6-8-14(24)17(27)22-11-15(25)26/h12-14,16H,3-11,20-21H2,1-2H3,(H,22,27)(H,23,28)(H,25,26). The van der Waals surface area contributed by atoms with Crippen molar-refractivity contribution in [2.45, 2.75) is 70.5 Å². The Morgan fingerprint density at radius 3 is 2.52 bits per heavy atom. The van der Waals surface area contributed by atoms with Crippen LogP contribution in [0.1, 0.15) is 52.4 Å². The van der Waals surface area contributed by atoms with Crippen molar-refractivity contribution in [3.63, 3.8) is 0 Å². The lowest BCUT2D eigenvalue weighted by Crippen LogP contribution is -2.56. The van der Waals surface area contributed by atoms with Crippen LogP contribution in [-0.2, 0) is 19.2 Å². The van der Waals surface area contributed by atoms with E-state index < -0.39 is 42.5 Å². The minimum absolute atomic E-state index is 0.0314. The molecule has 0 aromatic heterocycles. The minimum Gasteiger partial charge on any atom is -0.480 e. The molecule has 0 saturated carbocycles. The van der Waals surface area contributed by atoms with E-state index in [0.29, 0.717) is 45.2 Å². The van der Waals surface area contributed by atoms with Crippen molar-refractivity contribution in [3.8, 4) is 0 Å². The van der Waals surface area contributed by atoms with Crippen molar-refractivity contribution in [2.24, 2.45) is 17.4 Å². The quantitative estimate of drug-likeness (QED) is 0.260. The lowest BCUT2D eigenvalue weighted by atomic mass is 9.98. The lowest BCUT2D eigenvalue weighted by molar-refractivity contribution is -0.143. The molecule has 1 aliphatic rings. The fourth-order valence-electron chi connectivity index (χ4n) is 3.31. The van der Waals surface area contributed by atoms with E-state index in [9.17, 15) is 19.2 Å². The Bertz CT molecular complexity index is 585. The molecule has 4 unspecified atom stereocenters. The predicted octanol–water partition coefficient (Wildman–Crippen LogP) is -0.835. The molecular weight excluding hydrogens is 378 g/mol. The zero-order valence-corrected chi connectivity index (χ0v) is 17.4. The van der Waals surface area contributed by atoms with Gasteiger partial charge in [-0.05, 0) is 44.6 Å². The Morgan fingerprint density at radius 1 is 1.24 bits per heavy atom. The van der Waals surface area contributed by atoms with Crippen LogP contribution in [0.2, 0.25) is 0 Å². The lowest BCUT2D eigenvalue weighted by Gasteiger charge is -2.30. The van der Waals surface area contributed by atoms with Gasteiger partial charge in [0.05, 0.1) is 6.04 Å². The van der Waals surface area contributed by atoms with Gasteiger partial charge in [0.2, 0.25) is 17.7 Å². The van der Waals surface area contributed by atoms with Gasteiger partial charge < -0.3 is 32.1 Å². The molecule has 0 spiro atoms. The number of likely N-dealkylation sites (tertiary alicyclic amines) is 1. The van der Waals surface area contributed by atoms with Gasteiger partial charge in [-0.3, -0.25) is 19.2 Å². The second-order valence-corrected chi connectivity index (χ2v) is 7.56. The average Bonchev–Trinajstić information content (AvgIpc) is 3.19. The number of nitrogens with zero attached hydrogens (tertiary/aromatic N) is 1. The van der Waals surface area contributed by atoms with E-state index in [1.165, 1.54) is 4.90 Å². The number of carboxylic acids is 1. The van der Waals surface area contributed by atoms with Crippen molar-refractivity contribution in [1.29, 1.82) is 0 Å². The third kappa shape index (κ3) is 7.62. The zero-order chi connectivity index (χ0) is 22.0. The highest BCUT2D eigenvalue weighted by molar-refractivity contribution is 5.94. The van der Waals surface area contributed by atoms with Crippen molar-refractivity contribution in [1.82, 2.24) is 15.5 Å². The second kappa shape index (κ2) is 12.4. The third-order valence-electron chi connectivity index (χ3n) is 5.37. The van der Waals surface area contributed by atoms with E-state index in [1.807, 2.05) is 13.8 Å². The summed E-state index contributed by atoms with van der Waals surface area (Å²) in [7, 11) is 0. The molecule has 0 aromatic carbocycles. The molecule has 0 radical (unpaired) electrons. The molecule has 29 heavy (non-hydrogen) atoms. The molecule has 166 valence electrons. The van der Waals surface area contributed by atoms with Crippen molar-refractivity contribution in [2.75, 3.05) is 19.6 Å². The number of rotatable bonds is 12. The number of hydrogen-bond acceptors (Lipinski definition) is 6. The van der Waals surface area contributed by atoms with Crippen LogP contribution in [0.5, 0.6) is 0 Å². The van der Waals surface area contributed by atoms with Crippen molar-refractivity contribution >= 4 is 23.7 Å². The summed E-state index contributed by atoms with van der Waals surface area (Å²) < 4.78 is 0. The molecule has 7 N–H and O–H groups in total. The van der Waals surface area contributed by atoms with Gasteiger partial charge in [0, 0.05) is 6.54 Å². The predicted molar refractivity (Wildman–Crippen MR) is 108 cm³/mol. The first kappa shape index (κ1) is 24.8. The molecule has 10 nitrogen and oxygen atoms in total. The van der Waals surface area contributed by atoms with E-state index in [0.717, 1.165) is 6.42 Å². The van der Waals surface area contributed by atoms with E-state index in [1.54, 1.807) is 0 Å². The summed E-state index contributed by atoms with van der Waals surface area (Å²) in [6.45, 7) is 4.17. The summed E-state index contributed by atoms with van der Waals surface area (Å²) >= 11 is 0. The van der Waals surface area contributed by atoms with Gasteiger partial charge in [0.25, 0.3) is 0 Å². The maximum absolute atomic E-state index is 13.1. The summed E-state index contributed by atoms with van der Waals surface area (Å²) in [5.41, 5.74) is 11.5. The van der Waals surface area contributed by atoms with E-state index >= 15 is 0 Å². The number of hydrogen-bond donors (Lipinski definition) is 5. The Balaban J connectivity index is 2.87. The molecule has 1 aliphatic heterocycles. The fourth-order valence-corrected chi connectivity index (χ4v) is 3.31. The normalized spacial score (nSPS) is 19.3. The number of unbranched alkanes of at least 4 members (excludes halogenated alkanes) is 1. The van der Waals surface area contributed by atoms with E-state index in [-0.39, 0.29) is 11.8 Å². The Morgan fingerprint density at radius 2 is 1.93 bits per heavy atom. The van der Waals surface area contributed by atoms with Gasteiger partial charge in [-0.25, -0.2) is 0 Å². The fraction of sp³-hybridized carbons (Fsp3) is 0.789. The molecule has 1 heterocycles. The molecule has 0 aromatic rings.